The van der Waals surface area contributed by atoms with Gasteiger partial charge in [0.15, 0.2) is 17.6 Å². The van der Waals surface area contributed by atoms with E-state index in [4.69, 9.17) is 20.3 Å². The molecule has 2 saturated heterocycles. The fourth-order valence-corrected chi connectivity index (χ4v) is 5.96. The number of aliphatic carboxylic acids is 1. The summed E-state index contributed by atoms with van der Waals surface area (Å²) in [4.78, 5) is 24.6. The molecule has 28 heavy (non-hydrogen) atoms. The first-order chi connectivity index (χ1) is 13.4. The van der Waals surface area contributed by atoms with Gasteiger partial charge in [-0.15, -0.1) is 0 Å². The van der Waals surface area contributed by atoms with E-state index in [0.29, 0.717) is 23.8 Å². The van der Waals surface area contributed by atoms with Crippen LogP contribution in [0.25, 0.3) is 0 Å². The second-order valence-electron chi connectivity index (χ2n) is 8.30. The number of methoxy groups -OCH3 is 1. The van der Waals surface area contributed by atoms with Crippen LogP contribution in [-0.4, -0.2) is 61.2 Å². The maximum Gasteiger partial charge on any atom is 0.304 e. The average molecular weight is 388 g/mol. The quantitative estimate of drug-likeness (QED) is 0.752. The van der Waals surface area contributed by atoms with Crippen LogP contribution in [0.15, 0.2) is 35.8 Å². The summed E-state index contributed by atoms with van der Waals surface area (Å²) in [6, 6.07) is 0.513. The van der Waals surface area contributed by atoms with Crippen LogP contribution >= 0.6 is 0 Å². The summed E-state index contributed by atoms with van der Waals surface area (Å²) >= 11 is 0. The van der Waals surface area contributed by atoms with E-state index in [-0.39, 0.29) is 30.3 Å². The molecule has 0 aromatic heterocycles. The molecule has 1 spiro atoms. The number of carbonyl (C=O) groups excluding carboxylic acids is 1. The number of allylic oxidation sites excluding steroid dienone is 3. The van der Waals surface area contributed by atoms with E-state index in [1.165, 1.54) is 0 Å². The highest BCUT2D eigenvalue weighted by Crippen LogP contribution is 2.66. The van der Waals surface area contributed by atoms with Crippen LogP contribution in [0.1, 0.15) is 19.3 Å². The number of carboxylic acids is 1. The van der Waals surface area contributed by atoms with Gasteiger partial charge >= 0.3 is 5.97 Å². The molecule has 6 atom stereocenters. The van der Waals surface area contributed by atoms with Crippen molar-refractivity contribution in [3.8, 4) is 0 Å². The summed E-state index contributed by atoms with van der Waals surface area (Å²) < 4.78 is 11.8. The summed E-state index contributed by atoms with van der Waals surface area (Å²) in [5, 5.41) is 7.83. The maximum atomic E-state index is 12.6. The molecule has 7 heteroatoms. The van der Waals surface area contributed by atoms with Gasteiger partial charge < -0.3 is 25.2 Å². The first-order valence-corrected chi connectivity index (χ1v) is 9.91. The Morgan fingerprint density at radius 3 is 2.86 bits per heavy atom. The van der Waals surface area contributed by atoms with Crippen LogP contribution < -0.4 is 5.73 Å². The molecular formula is C21H28N2O5. The first-order valence-electron chi connectivity index (χ1n) is 9.91. The number of carboxylic acid groups (broad SMARTS) is 1. The van der Waals surface area contributed by atoms with Crippen molar-refractivity contribution >= 4 is 11.8 Å². The minimum absolute atomic E-state index is 0.0597. The van der Waals surface area contributed by atoms with Crippen molar-refractivity contribution < 1.29 is 24.2 Å². The van der Waals surface area contributed by atoms with E-state index in [2.05, 4.69) is 24.1 Å². The number of rotatable bonds is 3. The summed E-state index contributed by atoms with van der Waals surface area (Å²) in [5.41, 5.74) is 4.79. The van der Waals surface area contributed by atoms with Gasteiger partial charge in [-0.25, -0.2) is 0 Å². The number of piperidine rings is 1. The molecular weight excluding hydrogens is 360 g/mol. The molecule has 0 aromatic carbocycles. The van der Waals surface area contributed by atoms with Crippen molar-refractivity contribution in [1.82, 2.24) is 4.90 Å². The lowest BCUT2D eigenvalue weighted by atomic mass is 9.48. The number of nitrogens with zero attached hydrogens (tertiary/aromatic N) is 1. The molecule has 5 rings (SSSR count). The van der Waals surface area contributed by atoms with Gasteiger partial charge in [0.25, 0.3) is 0 Å². The standard InChI is InChI=1S/C18H21NO3.C3H7NO2/c1-19-8-7-18-11-4-5-13(20)17(18)22-16-14(21-2)6-3-10(15(16)18)9-12(11)19;4-2-1-3(5)6/h3-6,10-12,15,17H,7-9H2,1-2H3;1-2,4H2,(H,5,6)/t10?,11-,12+,15?,17-,18-;/m0./s1. The fraction of sp³-hybridized carbons (Fsp3) is 0.619. The topological polar surface area (TPSA) is 102 Å². The van der Waals surface area contributed by atoms with Crippen LogP contribution in [0.5, 0.6) is 0 Å². The van der Waals surface area contributed by atoms with Gasteiger partial charge in [-0.1, -0.05) is 12.2 Å². The van der Waals surface area contributed by atoms with Gasteiger partial charge in [0, 0.05) is 29.8 Å². The Morgan fingerprint density at radius 2 is 2.21 bits per heavy atom. The van der Waals surface area contributed by atoms with Gasteiger partial charge in [-0.2, -0.15) is 0 Å². The molecule has 3 fully saturated rings. The van der Waals surface area contributed by atoms with Crippen molar-refractivity contribution in [3.63, 3.8) is 0 Å². The van der Waals surface area contributed by atoms with Gasteiger partial charge in [0.05, 0.1) is 13.5 Å². The van der Waals surface area contributed by atoms with Crippen LogP contribution in [-0.2, 0) is 19.1 Å². The van der Waals surface area contributed by atoms with E-state index in [0.717, 1.165) is 30.9 Å². The maximum absolute atomic E-state index is 12.6. The van der Waals surface area contributed by atoms with Crippen molar-refractivity contribution in [2.75, 3.05) is 27.2 Å². The zero-order chi connectivity index (χ0) is 20.1. The number of hydrogen-bond donors (Lipinski definition) is 2. The molecule has 2 bridgehead atoms. The van der Waals surface area contributed by atoms with E-state index in [1.54, 1.807) is 13.2 Å². The zero-order valence-electron chi connectivity index (χ0n) is 16.3. The number of carbonyl (C=O) groups is 2. The normalized spacial score (nSPS) is 39.7. The largest absolute Gasteiger partial charge is 0.493 e. The lowest BCUT2D eigenvalue weighted by molar-refractivity contribution is -0.140. The Morgan fingerprint density at radius 1 is 1.43 bits per heavy atom. The smallest absolute Gasteiger partial charge is 0.304 e. The van der Waals surface area contributed by atoms with Crippen LogP contribution in [0, 0.1) is 23.2 Å². The van der Waals surface area contributed by atoms with E-state index in [1.807, 2.05) is 6.08 Å². The minimum Gasteiger partial charge on any atom is -0.493 e. The third-order valence-electron chi connectivity index (χ3n) is 7.08. The van der Waals surface area contributed by atoms with Crippen LogP contribution in [0.4, 0.5) is 0 Å². The van der Waals surface area contributed by atoms with Crippen molar-refractivity contribution in [2.24, 2.45) is 28.9 Å². The SMILES string of the molecule is COC1=C2O[C@H]3C(=O)C=C[C@H]4[C@H]5CC(C=C1)C2[C@@]34CCN5C.NCCC(=O)O. The highest BCUT2D eigenvalue weighted by molar-refractivity contribution is 5.96. The third-order valence-corrected chi connectivity index (χ3v) is 7.08. The van der Waals surface area contributed by atoms with E-state index >= 15 is 0 Å². The molecule has 7 nitrogen and oxygen atoms in total. The van der Waals surface area contributed by atoms with Gasteiger partial charge in [0.1, 0.15) is 5.76 Å². The number of nitrogens with two attached hydrogens (primary N) is 1. The molecule has 3 N–H and O–H groups in total. The molecule has 1 saturated carbocycles. The summed E-state index contributed by atoms with van der Waals surface area (Å²) in [6.45, 7) is 1.28. The van der Waals surface area contributed by atoms with Crippen molar-refractivity contribution in [2.45, 2.75) is 31.4 Å². The number of likely N-dealkylation sites (tertiary alicyclic amines) is 1. The fourth-order valence-electron chi connectivity index (χ4n) is 5.96. The minimum atomic E-state index is -0.836. The second kappa shape index (κ2) is 7.04. The molecule has 5 aliphatic rings. The molecule has 2 unspecified atom stereocenters. The van der Waals surface area contributed by atoms with E-state index < -0.39 is 5.97 Å². The lowest BCUT2D eigenvalue weighted by Gasteiger charge is -2.59. The Balaban J connectivity index is 0.000000283. The Bertz CT molecular complexity index is 773. The molecule has 2 aliphatic heterocycles. The van der Waals surface area contributed by atoms with Gasteiger partial charge in [-0.05, 0) is 44.5 Å². The molecule has 0 amide bonds. The predicted octanol–water partition coefficient (Wildman–Crippen LogP) is 1.31. The Labute approximate surface area is 164 Å². The highest BCUT2D eigenvalue weighted by Gasteiger charge is 2.69. The van der Waals surface area contributed by atoms with Crippen LogP contribution in [0.2, 0.25) is 0 Å². The molecule has 0 radical (unpaired) electrons. The third kappa shape index (κ3) is 2.63. The number of hydrogen-bond acceptors (Lipinski definition) is 6. The molecule has 0 aromatic rings. The monoisotopic (exact) mass is 388 g/mol. The summed E-state index contributed by atoms with van der Waals surface area (Å²) in [7, 11) is 3.91. The second-order valence-corrected chi connectivity index (χ2v) is 8.30. The lowest BCUT2D eigenvalue weighted by Crippen LogP contribution is -2.64. The Kier molecular flexibility index (Phi) is 4.83. The van der Waals surface area contributed by atoms with E-state index in [9.17, 15) is 9.59 Å². The summed E-state index contributed by atoms with van der Waals surface area (Å²) in [5.74, 6) is 2.23. The van der Waals surface area contributed by atoms with Gasteiger partial charge in [-0.3, -0.25) is 9.59 Å². The number of ketones is 1. The highest BCUT2D eigenvalue weighted by atomic mass is 16.5. The number of ether oxygens (including phenoxy) is 2. The van der Waals surface area contributed by atoms with Gasteiger partial charge in [0.2, 0.25) is 0 Å². The zero-order valence-corrected chi connectivity index (χ0v) is 16.3. The van der Waals surface area contributed by atoms with Crippen molar-refractivity contribution in [3.05, 3.63) is 35.8 Å². The molecule has 152 valence electrons. The first kappa shape index (κ1) is 19.2. The molecule has 3 aliphatic carbocycles. The predicted molar refractivity (Wildman–Crippen MR) is 102 cm³/mol. The van der Waals surface area contributed by atoms with Crippen LogP contribution in [0.3, 0.4) is 0 Å². The summed E-state index contributed by atoms with van der Waals surface area (Å²) in [6.07, 6.45) is 10.2. The average Bonchev–Trinajstić information content (AvgIpc) is 3.02. The van der Waals surface area contributed by atoms with Crippen molar-refractivity contribution in [1.29, 1.82) is 0 Å². The Hall–Kier alpha value is -2.12. The molecule has 2 heterocycles.